The van der Waals surface area contributed by atoms with Gasteiger partial charge in [-0.2, -0.15) is 0 Å². The number of ether oxygens (including phenoxy) is 1. The molecule has 4 N–H and O–H groups in total. The number of hydrogen-bond donors (Lipinski definition) is 3. The molecule has 1 saturated heterocycles. The molecular weight excluding hydrogens is 220 g/mol. The minimum Gasteiger partial charge on any atom is -0.391 e. The van der Waals surface area contributed by atoms with Crippen molar-refractivity contribution in [3.8, 4) is 0 Å². The zero-order valence-corrected chi connectivity index (χ0v) is 10.1. The first-order valence-corrected chi connectivity index (χ1v) is 6.54. The summed E-state index contributed by atoms with van der Waals surface area (Å²) in [4.78, 5) is 11.9. The summed E-state index contributed by atoms with van der Waals surface area (Å²) in [6, 6.07) is -0.100. The molecule has 2 rings (SSSR count). The zero-order chi connectivity index (χ0) is 12.3. The topological polar surface area (TPSA) is 84.6 Å². The number of aliphatic hydroxyl groups excluding tert-OH is 1. The molecule has 2 aliphatic rings. The Bertz CT molecular complexity index is 272. The van der Waals surface area contributed by atoms with E-state index in [0.717, 1.165) is 38.5 Å². The van der Waals surface area contributed by atoms with Gasteiger partial charge in [0, 0.05) is 6.54 Å². The van der Waals surface area contributed by atoms with E-state index in [1.54, 1.807) is 0 Å². The number of carbonyl (C=O) groups excluding carboxylic acids is 1. The maximum Gasteiger partial charge on any atom is 0.249 e. The van der Waals surface area contributed by atoms with Gasteiger partial charge in [0.2, 0.25) is 5.91 Å². The van der Waals surface area contributed by atoms with E-state index < -0.39 is 6.10 Å². The number of aliphatic hydroxyl groups is 1. The molecule has 1 aliphatic carbocycles. The third-order valence-corrected chi connectivity index (χ3v) is 3.72. The van der Waals surface area contributed by atoms with Crippen molar-refractivity contribution in [2.45, 2.75) is 62.9 Å². The fraction of sp³-hybridized carbons (Fsp3) is 0.917. The number of amides is 1. The first-order valence-electron chi connectivity index (χ1n) is 6.54. The van der Waals surface area contributed by atoms with Crippen LogP contribution in [0.25, 0.3) is 0 Å². The zero-order valence-electron chi connectivity index (χ0n) is 10.1. The molecule has 1 amide bonds. The average molecular weight is 242 g/mol. The van der Waals surface area contributed by atoms with Gasteiger partial charge in [-0.15, -0.1) is 0 Å². The average Bonchev–Trinajstić information content (AvgIpc) is 2.81. The van der Waals surface area contributed by atoms with Gasteiger partial charge >= 0.3 is 0 Å². The number of carbonyl (C=O) groups is 1. The van der Waals surface area contributed by atoms with Crippen LogP contribution < -0.4 is 11.1 Å². The lowest BCUT2D eigenvalue weighted by molar-refractivity contribution is -0.133. The van der Waals surface area contributed by atoms with Crippen LogP contribution in [-0.2, 0) is 9.53 Å². The third-order valence-electron chi connectivity index (χ3n) is 3.72. The lowest BCUT2D eigenvalue weighted by Gasteiger charge is -2.29. The maximum absolute atomic E-state index is 11.9. The maximum atomic E-state index is 11.9. The summed E-state index contributed by atoms with van der Waals surface area (Å²) in [6.07, 6.45) is 4.57. The van der Waals surface area contributed by atoms with Crippen LogP contribution in [0.5, 0.6) is 0 Å². The highest BCUT2D eigenvalue weighted by atomic mass is 16.5. The third kappa shape index (κ3) is 3.18. The predicted octanol–water partition coefficient (Wildman–Crippen LogP) is -0.0876. The molecule has 0 aromatic carbocycles. The highest BCUT2D eigenvalue weighted by Crippen LogP contribution is 2.21. The standard InChI is InChI=1S/C12H22N2O3/c13-7-8-5-6-11(17-8)12(16)14-9-3-1-2-4-10(9)15/h8-11,15H,1-7,13H2,(H,14,16)/t8?,9-,10-,11?/m1/s1. The van der Waals surface area contributed by atoms with Gasteiger partial charge in [-0.1, -0.05) is 12.8 Å². The highest BCUT2D eigenvalue weighted by molar-refractivity contribution is 5.81. The quantitative estimate of drug-likeness (QED) is 0.646. The van der Waals surface area contributed by atoms with Crippen LogP contribution in [0.15, 0.2) is 0 Å². The van der Waals surface area contributed by atoms with Gasteiger partial charge in [0.25, 0.3) is 0 Å². The first-order chi connectivity index (χ1) is 8.20. The molecule has 0 bridgehead atoms. The Labute approximate surface area is 102 Å². The van der Waals surface area contributed by atoms with Gasteiger partial charge in [0.05, 0.1) is 18.2 Å². The summed E-state index contributed by atoms with van der Waals surface area (Å²) in [5.41, 5.74) is 5.51. The van der Waals surface area contributed by atoms with Crippen molar-refractivity contribution in [1.29, 1.82) is 0 Å². The van der Waals surface area contributed by atoms with E-state index in [1.807, 2.05) is 0 Å². The molecule has 4 atom stereocenters. The van der Waals surface area contributed by atoms with Crippen LogP contribution in [0.4, 0.5) is 0 Å². The summed E-state index contributed by atoms with van der Waals surface area (Å²) in [6.45, 7) is 0.468. The number of nitrogens with two attached hydrogens (primary N) is 1. The molecule has 17 heavy (non-hydrogen) atoms. The van der Waals surface area contributed by atoms with Crippen molar-refractivity contribution >= 4 is 5.91 Å². The van der Waals surface area contributed by atoms with Gasteiger partial charge in [-0.3, -0.25) is 4.79 Å². The molecule has 0 spiro atoms. The van der Waals surface area contributed by atoms with Gasteiger partial charge in [-0.05, 0) is 25.7 Å². The summed E-state index contributed by atoms with van der Waals surface area (Å²) < 4.78 is 5.53. The fourth-order valence-electron chi connectivity index (χ4n) is 2.63. The van der Waals surface area contributed by atoms with Crippen molar-refractivity contribution in [3.63, 3.8) is 0 Å². The van der Waals surface area contributed by atoms with Gasteiger partial charge < -0.3 is 20.9 Å². The Balaban J connectivity index is 1.80. The van der Waals surface area contributed by atoms with Crippen LogP contribution in [0.2, 0.25) is 0 Å². The second kappa shape index (κ2) is 5.80. The molecule has 0 aromatic heterocycles. The van der Waals surface area contributed by atoms with E-state index in [9.17, 15) is 9.90 Å². The molecule has 98 valence electrons. The predicted molar refractivity (Wildman–Crippen MR) is 63.4 cm³/mol. The Morgan fingerprint density at radius 2 is 2.06 bits per heavy atom. The van der Waals surface area contributed by atoms with E-state index in [-0.39, 0.29) is 24.2 Å². The molecule has 5 nitrogen and oxygen atoms in total. The van der Waals surface area contributed by atoms with E-state index in [4.69, 9.17) is 10.5 Å². The fourth-order valence-corrected chi connectivity index (χ4v) is 2.63. The van der Waals surface area contributed by atoms with Crippen LogP contribution in [0.3, 0.4) is 0 Å². The van der Waals surface area contributed by atoms with Gasteiger partial charge in [-0.25, -0.2) is 0 Å². The molecule has 0 aromatic rings. The van der Waals surface area contributed by atoms with E-state index in [0.29, 0.717) is 6.54 Å². The second-order valence-electron chi connectivity index (χ2n) is 5.03. The van der Waals surface area contributed by atoms with Crippen molar-refractivity contribution in [2.75, 3.05) is 6.54 Å². The summed E-state index contributed by atoms with van der Waals surface area (Å²) >= 11 is 0. The van der Waals surface area contributed by atoms with Gasteiger partial charge in [0.15, 0.2) is 0 Å². The van der Waals surface area contributed by atoms with E-state index in [1.165, 1.54) is 0 Å². The minimum absolute atomic E-state index is 0.0158. The summed E-state index contributed by atoms with van der Waals surface area (Å²) in [5.74, 6) is -0.0908. The number of rotatable bonds is 3. The van der Waals surface area contributed by atoms with Crippen LogP contribution in [0, 0.1) is 0 Å². The second-order valence-corrected chi connectivity index (χ2v) is 5.03. The van der Waals surface area contributed by atoms with E-state index in [2.05, 4.69) is 5.32 Å². The molecule has 1 heterocycles. The van der Waals surface area contributed by atoms with Crippen molar-refractivity contribution in [2.24, 2.45) is 5.73 Å². The molecular formula is C12H22N2O3. The number of nitrogens with one attached hydrogen (secondary N) is 1. The largest absolute Gasteiger partial charge is 0.391 e. The summed E-state index contributed by atoms with van der Waals surface area (Å²) in [5, 5.41) is 12.7. The SMILES string of the molecule is NCC1CCC(C(=O)N[C@@H]2CCCC[C@H]2O)O1. The normalized spacial score (nSPS) is 38.0. The minimum atomic E-state index is -0.403. The van der Waals surface area contributed by atoms with Crippen molar-refractivity contribution in [1.82, 2.24) is 5.32 Å². The first kappa shape index (κ1) is 12.8. The Hall–Kier alpha value is -0.650. The smallest absolute Gasteiger partial charge is 0.249 e. The lowest BCUT2D eigenvalue weighted by Crippen LogP contribution is -2.48. The molecule has 1 saturated carbocycles. The van der Waals surface area contributed by atoms with E-state index >= 15 is 0 Å². The Morgan fingerprint density at radius 1 is 1.29 bits per heavy atom. The lowest BCUT2D eigenvalue weighted by atomic mass is 9.92. The molecule has 5 heteroatoms. The number of hydrogen-bond acceptors (Lipinski definition) is 4. The van der Waals surface area contributed by atoms with Gasteiger partial charge in [0.1, 0.15) is 6.10 Å². The van der Waals surface area contributed by atoms with Crippen molar-refractivity contribution in [3.05, 3.63) is 0 Å². The summed E-state index contributed by atoms with van der Waals surface area (Å²) in [7, 11) is 0. The molecule has 2 unspecified atom stereocenters. The molecule has 1 aliphatic heterocycles. The van der Waals surface area contributed by atoms with Crippen LogP contribution in [-0.4, -0.2) is 41.9 Å². The van der Waals surface area contributed by atoms with Crippen LogP contribution in [0.1, 0.15) is 38.5 Å². The molecule has 0 radical (unpaired) electrons. The van der Waals surface area contributed by atoms with Crippen LogP contribution >= 0.6 is 0 Å². The monoisotopic (exact) mass is 242 g/mol. The molecule has 2 fully saturated rings. The Kier molecular flexibility index (Phi) is 4.36. The highest BCUT2D eigenvalue weighted by Gasteiger charge is 2.32. The Morgan fingerprint density at radius 3 is 2.71 bits per heavy atom. The van der Waals surface area contributed by atoms with Crippen molar-refractivity contribution < 1.29 is 14.6 Å².